The fraction of sp³-hybridized carbons (Fsp3) is 0.333. The molecule has 156 valence electrons. The molecular weight excluding hydrogens is 378 g/mol. The van der Waals surface area contributed by atoms with E-state index in [4.69, 9.17) is 14.5 Å². The molecule has 1 aliphatic heterocycles. The molecule has 0 fully saturated rings. The lowest BCUT2D eigenvalue weighted by Gasteiger charge is -2.30. The Labute approximate surface area is 176 Å². The van der Waals surface area contributed by atoms with Crippen LogP contribution in [0.4, 0.5) is 5.95 Å². The van der Waals surface area contributed by atoms with Crippen LogP contribution in [0.1, 0.15) is 45.2 Å². The molecular formula is C24H27N3O3. The number of ether oxygens (including phenoxy) is 2. The van der Waals surface area contributed by atoms with Gasteiger partial charge in [0.25, 0.3) is 0 Å². The van der Waals surface area contributed by atoms with Gasteiger partial charge in [-0.25, -0.2) is 9.78 Å². The molecule has 2 heterocycles. The summed E-state index contributed by atoms with van der Waals surface area (Å²) in [4.78, 5) is 17.7. The molecule has 4 rings (SSSR count). The molecule has 1 atom stereocenters. The first-order valence-corrected chi connectivity index (χ1v) is 10.5. The van der Waals surface area contributed by atoms with Gasteiger partial charge in [0.05, 0.1) is 35.9 Å². The van der Waals surface area contributed by atoms with E-state index in [0.29, 0.717) is 18.8 Å². The minimum atomic E-state index is -0.336. The van der Waals surface area contributed by atoms with Gasteiger partial charge in [0.1, 0.15) is 5.75 Å². The Morgan fingerprint density at radius 2 is 1.90 bits per heavy atom. The van der Waals surface area contributed by atoms with Crippen molar-refractivity contribution >= 4 is 23.0 Å². The normalized spacial score (nSPS) is 15.6. The highest BCUT2D eigenvalue weighted by atomic mass is 16.5. The summed E-state index contributed by atoms with van der Waals surface area (Å²) >= 11 is 0. The molecule has 1 aliphatic rings. The number of esters is 1. The Morgan fingerprint density at radius 1 is 1.13 bits per heavy atom. The van der Waals surface area contributed by atoms with E-state index in [1.165, 1.54) is 0 Å². The average molecular weight is 405 g/mol. The fourth-order valence-electron chi connectivity index (χ4n) is 3.83. The van der Waals surface area contributed by atoms with Crippen molar-refractivity contribution in [2.45, 2.75) is 39.7 Å². The molecule has 2 aromatic carbocycles. The maximum atomic E-state index is 12.9. The number of nitrogens with one attached hydrogen (secondary N) is 1. The van der Waals surface area contributed by atoms with Crippen molar-refractivity contribution in [1.82, 2.24) is 9.55 Å². The first-order valence-electron chi connectivity index (χ1n) is 10.5. The summed E-state index contributed by atoms with van der Waals surface area (Å²) in [6.07, 6.45) is 2.12. The number of rotatable bonds is 7. The molecule has 0 saturated carbocycles. The van der Waals surface area contributed by atoms with Crippen molar-refractivity contribution in [3.05, 3.63) is 65.4 Å². The van der Waals surface area contributed by atoms with Crippen LogP contribution in [-0.2, 0) is 9.53 Å². The number of carbonyl (C=O) groups excluding carboxylic acids is 1. The van der Waals surface area contributed by atoms with E-state index in [2.05, 4.69) is 16.8 Å². The fourth-order valence-corrected chi connectivity index (χ4v) is 3.83. The van der Waals surface area contributed by atoms with E-state index >= 15 is 0 Å². The van der Waals surface area contributed by atoms with Gasteiger partial charge in [-0.15, -0.1) is 0 Å². The zero-order chi connectivity index (χ0) is 21.1. The topological polar surface area (TPSA) is 65.4 Å². The number of carbonyl (C=O) groups is 1. The van der Waals surface area contributed by atoms with Gasteiger partial charge in [-0.3, -0.25) is 4.57 Å². The Hall–Kier alpha value is -3.28. The summed E-state index contributed by atoms with van der Waals surface area (Å²) in [5.74, 6) is 1.23. The van der Waals surface area contributed by atoms with E-state index in [9.17, 15) is 4.79 Å². The zero-order valence-corrected chi connectivity index (χ0v) is 17.6. The predicted octanol–water partition coefficient (Wildman–Crippen LogP) is 5.07. The number of hydrogen-bond donors (Lipinski definition) is 1. The third-order valence-corrected chi connectivity index (χ3v) is 5.29. The molecule has 0 spiro atoms. The lowest BCUT2D eigenvalue weighted by Crippen LogP contribution is -2.29. The molecule has 0 bridgehead atoms. The summed E-state index contributed by atoms with van der Waals surface area (Å²) in [5.41, 5.74) is 4.16. The molecule has 6 heteroatoms. The van der Waals surface area contributed by atoms with Crippen molar-refractivity contribution in [2.75, 3.05) is 18.5 Å². The second-order valence-corrected chi connectivity index (χ2v) is 7.35. The SMILES string of the molecule is CCCCOc1ccc([C@H]2C(C(=O)OCC)=C(C)Nc3nc4ccccc4n32)cc1. The number of fused-ring (bicyclic) bond motifs is 3. The largest absolute Gasteiger partial charge is 0.494 e. The van der Waals surface area contributed by atoms with Crippen LogP contribution in [0.3, 0.4) is 0 Å². The average Bonchev–Trinajstić information content (AvgIpc) is 3.11. The van der Waals surface area contributed by atoms with E-state index in [1.54, 1.807) is 0 Å². The number of hydrogen-bond acceptors (Lipinski definition) is 5. The maximum absolute atomic E-state index is 12.9. The number of imidazole rings is 1. The lowest BCUT2D eigenvalue weighted by molar-refractivity contribution is -0.139. The highest BCUT2D eigenvalue weighted by molar-refractivity contribution is 5.94. The molecule has 1 aromatic heterocycles. The second kappa shape index (κ2) is 8.61. The monoisotopic (exact) mass is 405 g/mol. The van der Waals surface area contributed by atoms with Gasteiger partial charge in [-0.2, -0.15) is 0 Å². The van der Waals surface area contributed by atoms with E-state index in [0.717, 1.165) is 46.8 Å². The zero-order valence-electron chi connectivity index (χ0n) is 17.6. The van der Waals surface area contributed by atoms with Gasteiger partial charge < -0.3 is 14.8 Å². The summed E-state index contributed by atoms with van der Waals surface area (Å²) in [5, 5.41) is 3.29. The Balaban J connectivity index is 1.80. The molecule has 0 radical (unpaired) electrons. The van der Waals surface area contributed by atoms with Gasteiger partial charge in [-0.1, -0.05) is 37.6 Å². The molecule has 0 unspecified atom stereocenters. The Kier molecular flexibility index (Phi) is 5.74. The molecule has 6 nitrogen and oxygen atoms in total. The van der Waals surface area contributed by atoms with Gasteiger partial charge in [0.2, 0.25) is 5.95 Å². The number of anilines is 1. The van der Waals surface area contributed by atoms with Crippen molar-refractivity contribution in [3.8, 4) is 5.75 Å². The molecule has 0 aliphatic carbocycles. The molecule has 3 aromatic rings. The summed E-state index contributed by atoms with van der Waals surface area (Å²) < 4.78 is 13.3. The third-order valence-electron chi connectivity index (χ3n) is 5.29. The minimum absolute atomic E-state index is 0.320. The van der Waals surface area contributed by atoms with Gasteiger partial charge >= 0.3 is 5.97 Å². The predicted molar refractivity (Wildman–Crippen MR) is 118 cm³/mol. The van der Waals surface area contributed by atoms with Crippen molar-refractivity contribution in [3.63, 3.8) is 0 Å². The minimum Gasteiger partial charge on any atom is -0.494 e. The number of allylic oxidation sites excluding steroid dienone is 1. The summed E-state index contributed by atoms with van der Waals surface area (Å²) in [6.45, 7) is 6.88. The second-order valence-electron chi connectivity index (χ2n) is 7.35. The Morgan fingerprint density at radius 3 is 2.63 bits per heavy atom. The van der Waals surface area contributed by atoms with Crippen molar-refractivity contribution in [2.24, 2.45) is 0 Å². The standard InChI is InChI=1S/C24H27N3O3/c1-4-6-15-30-18-13-11-17(12-14-18)22-21(23(28)29-5-2)16(3)25-24-26-19-9-7-8-10-20(19)27(22)24/h7-14,22H,4-6,15H2,1-3H3,(H,25,26)/t22-/m0/s1. The number of para-hydroxylation sites is 2. The number of aromatic nitrogens is 2. The summed E-state index contributed by atoms with van der Waals surface area (Å²) in [7, 11) is 0. The number of nitrogens with zero attached hydrogens (tertiary/aromatic N) is 2. The summed E-state index contributed by atoms with van der Waals surface area (Å²) in [6, 6.07) is 15.6. The molecule has 1 N–H and O–H groups in total. The van der Waals surface area contributed by atoms with Crippen LogP contribution >= 0.6 is 0 Å². The maximum Gasteiger partial charge on any atom is 0.338 e. The Bertz CT molecular complexity index is 1080. The quantitative estimate of drug-likeness (QED) is 0.439. The van der Waals surface area contributed by atoms with Crippen LogP contribution in [0.25, 0.3) is 11.0 Å². The van der Waals surface area contributed by atoms with E-state index < -0.39 is 0 Å². The van der Waals surface area contributed by atoms with Crippen molar-refractivity contribution in [1.29, 1.82) is 0 Å². The first-order chi connectivity index (χ1) is 14.6. The highest BCUT2D eigenvalue weighted by Gasteiger charge is 2.34. The van der Waals surface area contributed by atoms with Crippen LogP contribution in [0.5, 0.6) is 5.75 Å². The van der Waals surface area contributed by atoms with Crippen molar-refractivity contribution < 1.29 is 14.3 Å². The van der Waals surface area contributed by atoms with Crippen LogP contribution in [0, 0.1) is 0 Å². The lowest BCUT2D eigenvalue weighted by atomic mass is 9.95. The number of benzene rings is 2. The van der Waals surface area contributed by atoms with Gasteiger partial charge in [0.15, 0.2) is 0 Å². The molecule has 0 saturated heterocycles. The van der Waals surface area contributed by atoms with Gasteiger partial charge in [-0.05, 0) is 50.1 Å². The highest BCUT2D eigenvalue weighted by Crippen LogP contribution is 2.39. The van der Waals surface area contributed by atoms with E-state index in [1.807, 2.05) is 62.4 Å². The van der Waals surface area contributed by atoms with E-state index in [-0.39, 0.29) is 12.0 Å². The van der Waals surface area contributed by atoms with Crippen LogP contribution in [-0.4, -0.2) is 28.7 Å². The molecule has 0 amide bonds. The van der Waals surface area contributed by atoms with Gasteiger partial charge in [0, 0.05) is 5.70 Å². The molecule has 30 heavy (non-hydrogen) atoms. The smallest absolute Gasteiger partial charge is 0.338 e. The third kappa shape index (κ3) is 3.65. The van der Waals surface area contributed by atoms with Crippen LogP contribution in [0.15, 0.2) is 59.8 Å². The van der Waals surface area contributed by atoms with Crippen LogP contribution in [0.2, 0.25) is 0 Å². The van der Waals surface area contributed by atoms with Crippen LogP contribution < -0.4 is 10.1 Å². The number of unbranched alkanes of at least 4 members (excludes halogenated alkanes) is 1. The first kappa shape index (κ1) is 20.0.